The Kier molecular flexibility index (Phi) is 6.59. The van der Waals surface area contributed by atoms with Crippen LogP contribution in [0, 0.1) is 11.8 Å². The van der Waals surface area contributed by atoms with Gasteiger partial charge >= 0.3 is 0 Å². The van der Waals surface area contributed by atoms with Crippen LogP contribution in [0.3, 0.4) is 0 Å². The first-order valence-corrected chi connectivity index (χ1v) is 5.00. The molecule has 0 aromatic rings. The molecule has 0 rings (SSSR count). The number of hydrogen-bond acceptors (Lipinski definition) is 2. The second kappa shape index (κ2) is 6.89. The predicted molar refractivity (Wildman–Crippen MR) is 52.4 cm³/mol. The molecule has 0 spiro atoms. The smallest absolute Gasteiger partial charge is 0.233 e. The fraction of sp³-hybridized carbons (Fsp3) is 0.900. The highest BCUT2D eigenvalue weighted by molar-refractivity contribution is 5.44. The summed E-state index contributed by atoms with van der Waals surface area (Å²) in [6.45, 7) is 6.88. The summed E-state index contributed by atoms with van der Waals surface area (Å²) in [7, 11) is 0. The molecule has 0 aliphatic rings. The molecular formula is C10H21NO2. The van der Waals surface area contributed by atoms with Gasteiger partial charge in [0.2, 0.25) is 6.41 Å². The molecule has 78 valence electrons. The van der Waals surface area contributed by atoms with E-state index >= 15 is 0 Å². The molecule has 0 aliphatic carbocycles. The van der Waals surface area contributed by atoms with Crippen molar-refractivity contribution in [1.82, 2.24) is 5.06 Å². The predicted octanol–water partition coefficient (Wildman–Crippen LogP) is 2.30. The van der Waals surface area contributed by atoms with E-state index in [-0.39, 0.29) is 0 Å². The minimum absolute atomic E-state index is 0.372. The zero-order chi connectivity index (χ0) is 10.3. The van der Waals surface area contributed by atoms with Gasteiger partial charge < -0.3 is 0 Å². The van der Waals surface area contributed by atoms with E-state index in [9.17, 15) is 4.79 Å². The van der Waals surface area contributed by atoms with Crippen molar-refractivity contribution in [2.75, 3.05) is 6.54 Å². The summed E-state index contributed by atoms with van der Waals surface area (Å²) in [5, 5.41) is 9.66. The van der Waals surface area contributed by atoms with Crippen LogP contribution in [0.15, 0.2) is 0 Å². The van der Waals surface area contributed by atoms with Crippen molar-refractivity contribution in [2.45, 2.75) is 40.0 Å². The van der Waals surface area contributed by atoms with Gasteiger partial charge in [-0.25, -0.2) is 5.06 Å². The number of hydrogen-bond donors (Lipinski definition) is 1. The molecule has 0 aliphatic heterocycles. The van der Waals surface area contributed by atoms with Crippen LogP contribution < -0.4 is 0 Å². The lowest BCUT2D eigenvalue weighted by atomic mass is 9.94. The number of carbonyl (C=O) groups is 1. The van der Waals surface area contributed by atoms with Gasteiger partial charge in [-0.2, -0.15) is 0 Å². The van der Waals surface area contributed by atoms with Crippen molar-refractivity contribution in [3.8, 4) is 0 Å². The molecule has 0 saturated heterocycles. The summed E-state index contributed by atoms with van der Waals surface area (Å²) >= 11 is 0. The fourth-order valence-electron chi connectivity index (χ4n) is 1.73. The largest absolute Gasteiger partial charge is 0.286 e. The van der Waals surface area contributed by atoms with Crippen LogP contribution in [0.4, 0.5) is 0 Å². The van der Waals surface area contributed by atoms with Crippen LogP contribution >= 0.6 is 0 Å². The van der Waals surface area contributed by atoms with E-state index in [2.05, 4.69) is 20.8 Å². The average molecular weight is 187 g/mol. The van der Waals surface area contributed by atoms with E-state index in [4.69, 9.17) is 5.21 Å². The third-order valence-corrected chi connectivity index (χ3v) is 2.21. The third kappa shape index (κ3) is 6.58. The Labute approximate surface area is 80.7 Å². The highest BCUT2D eigenvalue weighted by atomic mass is 16.5. The van der Waals surface area contributed by atoms with E-state index in [1.807, 2.05) is 0 Å². The van der Waals surface area contributed by atoms with Crippen molar-refractivity contribution < 1.29 is 10.0 Å². The van der Waals surface area contributed by atoms with E-state index in [0.29, 0.717) is 24.8 Å². The molecule has 3 nitrogen and oxygen atoms in total. The summed E-state index contributed by atoms with van der Waals surface area (Å²) in [6.07, 6.45) is 3.95. The number of nitrogens with zero attached hydrogens (tertiary/aromatic N) is 1. The number of amides is 1. The second-order valence-electron chi connectivity index (χ2n) is 3.96. The highest BCUT2D eigenvalue weighted by Gasteiger charge is 2.10. The van der Waals surface area contributed by atoms with E-state index in [1.54, 1.807) is 0 Å². The lowest BCUT2D eigenvalue weighted by Crippen LogP contribution is -2.24. The molecule has 1 unspecified atom stereocenters. The van der Waals surface area contributed by atoms with Gasteiger partial charge in [0, 0.05) is 0 Å². The van der Waals surface area contributed by atoms with Gasteiger partial charge in [0.1, 0.15) is 0 Å². The molecule has 13 heavy (non-hydrogen) atoms. The first-order valence-electron chi connectivity index (χ1n) is 5.00. The zero-order valence-electron chi connectivity index (χ0n) is 8.86. The Morgan fingerprint density at radius 1 is 1.38 bits per heavy atom. The van der Waals surface area contributed by atoms with Crippen LogP contribution in [0.5, 0.6) is 0 Å². The minimum atomic E-state index is 0.372. The molecular weight excluding hydrogens is 166 g/mol. The van der Waals surface area contributed by atoms with Crippen LogP contribution in [0.25, 0.3) is 0 Å². The lowest BCUT2D eigenvalue weighted by Gasteiger charge is -2.19. The Hall–Kier alpha value is -0.570. The Balaban J connectivity index is 3.60. The molecule has 0 heterocycles. The van der Waals surface area contributed by atoms with Crippen LogP contribution in [0.2, 0.25) is 0 Å². The van der Waals surface area contributed by atoms with Crippen molar-refractivity contribution in [3.63, 3.8) is 0 Å². The first kappa shape index (κ1) is 12.4. The molecule has 1 N–H and O–H groups in total. The Morgan fingerprint density at radius 2 is 2.00 bits per heavy atom. The summed E-state index contributed by atoms with van der Waals surface area (Å²) < 4.78 is 0. The molecule has 2 atom stereocenters. The van der Waals surface area contributed by atoms with Gasteiger partial charge in [-0.1, -0.05) is 33.6 Å². The molecule has 0 saturated carbocycles. The quantitative estimate of drug-likeness (QED) is 0.377. The molecule has 0 fully saturated rings. The van der Waals surface area contributed by atoms with Gasteiger partial charge in [-0.15, -0.1) is 0 Å². The molecule has 3 heteroatoms. The number of carbonyl (C=O) groups excluding carboxylic acids is 1. The maximum absolute atomic E-state index is 10.1. The lowest BCUT2D eigenvalue weighted by molar-refractivity contribution is -0.152. The highest BCUT2D eigenvalue weighted by Crippen LogP contribution is 2.16. The maximum Gasteiger partial charge on any atom is 0.233 e. The number of hydroxylamine groups is 2. The maximum atomic E-state index is 10.1. The Morgan fingerprint density at radius 3 is 2.46 bits per heavy atom. The second-order valence-corrected chi connectivity index (χ2v) is 3.96. The summed E-state index contributed by atoms with van der Waals surface area (Å²) in [4.78, 5) is 10.1. The van der Waals surface area contributed by atoms with Crippen molar-refractivity contribution in [1.29, 1.82) is 0 Å². The molecule has 0 radical (unpaired) electrons. The van der Waals surface area contributed by atoms with Gasteiger partial charge in [-0.3, -0.25) is 10.0 Å². The normalized spacial score (nSPS) is 15.1. The summed E-state index contributed by atoms with van der Waals surface area (Å²) in [6, 6.07) is 0. The fourth-order valence-corrected chi connectivity index (χ4v) is 1.73. The van der Waals surface area contributed by atoms with Crippen LogP contribution in [0.1, 0.15) is 40.0 Å². The van der Waals surface area contributed by atoms with Crippen molar-refractivity contribution >= 4 is 6.41 Å². The third-order valence-electron chi connectivity index (χ3n) is 2.21. The van der Waals surface area contributed by atoms with E-state index in [1.165, 1.54) is 12.8 Å². The van der Waals surface area contributed by atoms with Gasteiger partial charge in [0.25, 0.3) is 0 Å². The zero-order valence-corrected chi connectivity index (χ0v) is 8.86. The van der Waals surface area contributed by atoms with E-state index in [0.717, 1.165) is 11.5 Å². The van der Waals surface area contributed by atoms with Gasteiger partial charge in [-0.05, 0) is 18.3 Å². The van der Waals surface area contributed by atoms with Crippen molar-refractivity contribution in [2.24, 2.45) is 11.8 Å². The van der Waals surface area contributed by atoms with Crippen molar-refractivity contribution in [3.05, 3.63) is 0 Å². The SMILES string of the molecule is CCCC(C)C[C@@H](C)CN(O)C=O. The number of rotatable bonds is 7. The van der Waals surface area contributed by atoms with Crippen LogP contribution in [-0.2, 0) is 4.79 Å². The molecule has 0 bridgehead atoms. The molecule has 0 aromatic carbocycles. The first-order chi connectivity index (χ1) is 6.10. The summed E-state index contributed by atoms with van der Waals surface area (Å²) in [5.41, 5.74) is 0. The Bertz CT molecular complexity index is 139. The molecule has 1 amide bonds. The van der Waals surface area contributed by atoms with Gasteiger partial charge in [0.15, 0.2) is 0 Å². The van der Waals surface area contributed by atoms with E-state index < -0.39 is 0 Å². The van der Waals surface area contributed by atoms with Crippen LogP contribution in [-0.4, -0.2) is 23.2 Å². The van der Waals surface area contributed by atoms with Gasteiger partial charge in [0.05, 0.1) is 6.54 Å². The minimum Gasteiger partial charge on any atom is -0.286 e. The molecule has 0 aromatic heterocycles. The standard InChI is InChI=1S/C10H21NO2/c1-4-5-9(2)6-10(3)7-11(13)8-12/h8-10,13H,4-7H2,1-3H3/t9?,10-/m1/s1. The monoisotopic (exact) mass is 187 g/mol. The summed E-state index contributed by atoms with van der Waals surface area (Å²) in [5.74, 6) is 1.05. The topological polar surface area (TPSA) is 40.5 Å². The average Bonchev–Trinajstić information content (AvgIpc) is 2.04.